The second kappa shape index (κ2) is 4.92. The second-order valence-electron chi connectivity index (χ2n) is 2.39. The number of rotatable bonds is 2. The van der Waals surface area contributed by atoms with Crippen LogP contribution in [0.15, 0.2) is 11.0 Å². The third-order valence-electron chi connectivity index (χ3n) is 1.37. The largest absolute Gasteiger partial charge is 0.280 e. The van der Waals surface area contributed by atoms with Crippen LogP contribution < -0.4 is 0 Å². The first kappa shape index (κ1) is 13.8. The van der Waals surface area contributed by atoms with Gasteiger partial charge in [-0.3, -0.25) is 0 Å². The molecule has 1 heterocycles. The molecule has 0 atom stereocenters. The van der Waals surface area contributed by atoms with Gasteiger partial charge in [0.1, 0.15) is 14.3 Å². The third kappa shape index (κ3) is 3.33. The summed E-state index contributed by atoms with van der Waals surface area (Å²) in [4.78, 5) is 3.24. The van der Waals surface area contributed by atoms with E-state index in [1.54, 1.807) is 45.2 Å². The molecule has 1 aromatic rings. The van der Waals surface area contributed by atoms with E-state index in [4.69, 9.17) is 10.7 Å². The average Bonchev–Trinajstić information content (AvgIpc) is 1.99. The van der Waals surface area contributed by atoms with Crippen LogP contribution in [0.5, 0.6) is 0 Å². The molecule has 1 rings (SSSR count). The Kier molecular flexibility index (Phi) is 4.52. The van der Waals surface area contributed by atoms with Gasteiger partial charge in [0.2, 0.25) is 0 Å². The maximum Gasteiger partial charge on any atom is 0.280 e. The molecule has 0 spiro atoms. The maximum absolute atomic E-state index is 12.3. The summed E-state index contributed by atoms with van der Waals surface area (Å²) in [5.41, 5.74) is -0.465. The lowest BCUT2D eigenvalue weighted by Crippen LogP contribution is -2.04. The summed E-state index contributed by atoms with van der Waals surface area (Å²) in [6.07, 6.45) is -2.74. The number of nitrogens with zero attached hydrogens (tertiary/aromatic N) is 1. The summed E-state index contributed by atoms with van der Waals surface area (Å²) in [7, 11) is 1.18. The smallest absolute Gasteiger partial charge is 0.239 e. The third-order valence-corrected chi connectivity index (χ3v) is 5.10. The van der Waals surface area contributed by atoms with Crippen LogP contribution in [0.4, 0.5) is 8.78 Å². The Hall–Kier alpha value is 0.710. The van der Waals surface area contributed by atoms with Crippen molar-refractivity contribution >= 4 is 64.9 Å². The molecule has 0 saturated carbocycles. The van der Waals surface area contributed by atoms with Crippen LogP contribution in [0.3, 0.4) is 0 Å². The van der Waals surface area contributed by atoms with Crippen LogP contribution >= 0.6 is 55.9 Å². The Bertz CT molecular complexity index is 471. The molecule has 0 aliphatic carbocycles. The number of hydrogen-bond acceptors (Lipinski definition) is 3. The van der Waals surface area contributed by atoms with E-state index in [1.807, 2.05) is 0 Å². The first-order valence-corrected chi connectivity index (χ1v) is 7.79. The first-order chi connectivity index (χ1) is 6.73. The summed E-state index contributed by atoms with van der Waals surface area (Å²) < 4.78 is 46.9. The topological polar surface area (TPSA) is 47.0 Å². The Balaban J connectivity index is 3.48. The first-order valence-electron chi connectivity index (χ1n) is 3.32. The molecule has 0 radical (unpaired) electrons. The fourth-order valence-corrected chi connectivity index (χ4v) is 6.01. The van der Waals surface area contributed by atoms with Crippen LogP contribution in [0.2, 0.25) is 0 Å². The van der Waals surface area contributed by atoms with Gasteiger partial charge >= 0.3 is 0 Å². The Labute approximate surface area is 116 Å². The number of pyridine rings is 1. The number of alkyl halides is 2. The van der Waals surface area contributed by atoms with Crippen molar-refractivity contribution in [1.29, 1.82) is 0 Å². The highest BCUT2D eigenvalue weighted by Crippen LogP contribution is 2.29. The molecule has 15 heavy (non-hydrogen) atoms. The minimum absolute atomic E-state index is 0.0511. The van der Waals surface area contributed by atoms with E-state index in [0.29, 0.717) is 0 Å². The molecule has 0 amide bonds. The van der Waals surface area contributed by atoms with Crippen molar-refractivity contribution in [3.8, 4) is 0 Å². The fourth-order valence-electron chi connectivity index (χ4n) is 0.819. The SMILES string of the molecule is O=S(=O)(Cl)c1c(I)cc(C(F)F)nc1I. The fraction of sp³-hybridized carbons (Fsp3) is 0.167. The molecule has 0 bridgehead atoms. The molecule has 1 aromatic heterocycles. The summed E-state index contributed by atoms with van der Waals surface area (Å²) in [5.74, 6) is 0. The van der Waals surface area contributed by atoms with Crippen LogP contribution in [0, 0.1) is 7.27 Å². The Morgan fingerprint density at radius 2 is 1.93 bits per heavy atom. The van der Waals surface area contributed by atoms with Gasteiger partial charge in [-0.05, 0) is 51.2 Å². The zero-order valence-corrected chi connectivity index (χ0v) is 12.6. The summed E-state index contributed by atoms with van der Waals surface area (Å²) in [5, 5.41) is 0. The van der Waals surface area contributed by atoms with Crippen molar-refractivity contribution in [3.63, 3.8) is 0 Å². The van der Waals surface area contributed by atoms with Gasteiger partial charge in [0.15, 0.2) is 0 Å². The second-order valence-corrected chi connectivity index (χ2v) is 7.07. The van der Waals surface area contributed by atoms with E-state index in [-0.39, 0.29) is 12.2 Å². The monoisotopic (exact) mass is 479 g/mol. The summed E-state index contributed by atoms with van der Waals surface area (Å²) in [6, 6.07) is 1.00. The lowest BCUT2D eigenvalue weighted by atomic mass is 10.4. The average molecular weight is 479 g/mol. The van der Waals surface area contributed by atoms with Crippen molar-refractivity contribution in [2.24, 2.45) is 0 Å². The van der Waals surface area contributed by atoms with Gasteiger partial charge in [-0.25, -0.2) is 22.2 Å². The Morgan fingerprint density at radius 3 is 2.27 bits per heavy atom. The zero-order valence-electron chi connectivity index (χ0n) is 6.72. The molecule has 0 aliphatic rings. The lowest BCUT2D eigenvalue weighted by molar-refractivity contribution is 0.145. The molecule has 0 unspecified atom stereocenters. The van der Waals surface area contributed by atoms with Crippen LogP contribution in [0.25, 0.3) is 0 Å². The van der Waals surface area contributed by atoms with E-state index < -0.39 is 21.2 Å². The number of aromatic nitrogens is 1. The van der Waals surface area contributed by atoms with Gasteiger partial charge in [-0.1, -0.05) is 0 Å². The molecular weight excluding hydrogens is 477 g/mol. The molecule has 3 nitrogen and oxygen atoms in total. The van der Waals surface area contributed by atoms with Gasteiger partial charge in [0.25, 0.3) is 15.5 Å². The van der Waals surface area contributed by atoms with Crippen molar-refractivity contribution in [2.45, 2.75) is 11.3 Å². The minimum Gasteiger partial charge on any atom is -0.239 e. The van der Waals surface area contributed by atoms with Crippen molar-refractivity contribution < 1.29 is 17.2 Å². The van der Waals surface area contributed by atoms with E-state index in [0.717, 1.165) is 6.07 Å². The number of hydrogen-bond donors (Lipinski definition) is 0. The number of halogens is 5. The molecular formula is C6H2ClF2I2NO2S. The molecule has 9 heteroatoms. The van der Waals surface area contributed by atoms with E-state index >= 15 is 0 Å². The van der Waals surface area contributed by atoms with E-state index in [9.17, 15) is 17.2 Å². The van der Waals surface area contributed by atoms with Crippen LogP contribution in [0.1, 0.15) is 12.1 Å². The standard InChI is InChI=1S/C6H2ClF2I2NO2S/c7-15(13,14)4-2(10)1-3(5(8)9)12-6(4)11/h1,5H. The maximum atomic E-state index is 12.3. The zero-order chi connectivity index (χ0) is 11.8. The lowest BCUT2D eigenvalue weighted by Gasteiger charge is -2.06. The van der Waals surface area contributed by atoms with Gasteiger partial charge in [0.05, 0.1) is 0 Å². The molecule has 0 N–H and O–H groups in total. The summed E-state index contributed by atoms with van der Waals surface area (Å²) in [6.45, 7) is 0. The highest BCUT2D eigenvalue weighted by Gasteiger charge is 2.22. The van der Waals surface area contributed by atoms with Crippen LogP contribution in [-0.4, -0.2) is 13.4 Å². The Morgan fingerprint density at radius 1 is 1.40 bits per heavy atom. The summed E-state index contributed by atoms with van der Waals surface area (Å²) >= 11 is 3.19. The molecule has 84 valence electrons. The van der Waals surface area contributed by atoms with Crippen molar-refractivity contribution in [3.05, 3.63) is 19.0 Å². The van der Waals surface area contributed by atoms with Gasteiger partial charge in [-0.2, -0.15) is 0 Å². The molecule has 0 aromatic carbocycles. The van der Waals surface area contributed by atoms with Gasteiger partial charge in [-0.15, -0.1) is 0 Å². The van der Waals surface area contributed by atoms with Crippen LogP contribution in [-0.2, 0) is 9.05 Å². The van der Waals surface area contributed by atoms with Crippen molar-refractivity contribution in [1.82, 2.24) is 4.98 Å². The quantitative estimate of drug-likeness (QED) is 0.372. The predicted molar refractivity (Wildman–Crippen MR) is 67.7 cm³/mol. The van der Waals surface area contributed by atoms with Gasteiger partial charge < -0.3 is 0 Å². The highest BCUT2D eigenvalue weighted by molar-refractivity contribution is 14.1. The highest BCUT2D eigenvalue weighted by atomic mass is 127. The molecule has 0 aliphatic heterocycles. The van der Waals surface area contributed by atoms with Gasteiger partial charge in [0, 0.05) is 14.3 Å². The predicted octanol–water partition coefficient (Wildman–Crippen LogP) is 3.16. The minimum atomic E-state index is -3.96. The van der Waals surface area contributed by atoms with E-state index in [2.05, 4.69) is 4.98 Å². The molecule has 0 saturated heterocycles. The van der Waals surface area contributed by atoms with Crippen molar-refractivity contribution in [2.75, 3.05) is 0 Å². The van der Waals surface area contributed by atoms with E-state index in [1.165, 1.54) is 0 Å². The molecule has 0 fully saturated rings. The normalized spacial score (nSPS) is 12.1.